The summed E-state index contributed by atoms with van der Waals surface area (Å²) in [4.78, 5) is 0. The van der Waals surface area contributed by atoms with Crippen molar-refractivity contribution >= 4 is 0 Å². The van der Waals surface area contributed by atoms with E-state index in [4.69, 9.17) is 4.74 Å². The Morgan fingerprint density at radius 1 is 1.00 bits per heavy atom. The summed E-state index contributed by atoms with van der Waals surface area (Å²) in [5.41, 5.74) is 3.26. The van der Waals surface area contributed by atoms with Gasteiger partial charge in [-0.2, -0.15) is 0 Å². The van der Waals surface area contributed by atoms with Crippen LogP contribution >= 0.6 is 0 Å². The summed E-state index contributed by atoms with van der Waals surface area (Å²) in [6.45, 7) is 6.41. The van der Waals surface area contributed by atoms with Crippen molar-refractivity contribution in [1.82, 2.24) is 0 Å². The zero-order valence-electron chi connectivity index (χ0n) is 13.9. The molecule has 0 unspecified atom stereocenters. The molecule has 0 aromatic heterocycles. The SMILES string of the molecule is CCC[C@@H]1[C@H](C)c2cc(O)ccc2O[C@@H]1c1ccc(O)cc1C. The number of hydrogen-bond donors (Lipinski definition) is 2. The molecule has 2 aromatic rings. The fraction of sp³-hybridized carbons (Fsp3) is 0.400. The number of aryl methyl sites for hydroxylation is 1. The largest absolute Gasteiger partial charge is 0.508 e. The summed E-state index contributed by atoms with van der Waals surface area (Å²) >= 11 is 0. The number of aromatic hydroxyl groups is 2. The third-order valence-corrected chi connectivity index (χ3v) is 4.95. The lowest BCUT2D eigenvalue weighted by Crippen LogP contribution is -2.29. The standard InChI is InChI=1S/C20H24O3/c1-4-5-17-13(3)18-11-15(22)7-9-19(18)23-20(17)16-8-6-14(21)10-12(16)2/h6-11,13,17,20-22H,4-5H2,1-3H3/t13-,17+,20+/m0/s1. The number of hydrogen-bond acceptors (Lipinski definition) is 3. The molecule has 2 aromatic carbocycles. The smallest absolute Gasteiger partial charge is 0.127 e. The third-order valence-electron chi connectivity index (χ3n) is 4.95. The van der Waals surface area contributed by atoms with E-state index in [1.807, 2.05) is 25.1 Å². The van der Waals surface area contributed by atoms with Crippen LogP contribution in [0.15, 0.2) is 36.4 Å². The average Bonchev–Trinajstić information content (AvgIpc) is 2.51. The topological polar surface area (TPSA) is 49.7 Å². The number of fused-ring (bicyclic) bond motifs is 1. The van der Waals surface area contributed by atoms with Gasteiger partial charge >= 0.3 is 0 Å². The van der Waals surface area contributed by atoms with E-state index < -0.39 is 0 Å². The monoisotopic (exact) mass is 312 g/mol. The zero-order valence-corrected chi connectivity index (χ0v) is 13.9. The predicted molar refractivity (Wildman–Crippen MR) is 91.1 cm³/mol. The van der Waals surface area contributed by atoms with Gasteiger partial charge in [-0.15, -0.1) is 0 Å². The van der Waals surface area contributed by atoms with Crippen LogP contribution in [0.1, 0.15) is 55.4 Å². The number of rotatable bonds is 3. The fourth-order valence-electron chi connectivity index (χ4n) is 3.72. The quantitative estimate of drug-likeness (QED) is 0.833. The van der Waals surface area contributed by atoms with Crippen LogP contribution in [0.3, 0.4) is 0 Å². The Labute approximate surface area is 137 Å². The van der Waals surface area contributed by atoms with Gasteiger partial charge in [-0.05, 0) is 60.7 Å². The summed E-state index contributed by atoms with van der Waals surface area (Å²) in [6, 6.07) is 10.8. The maximum atomic E-state index is 9.80. The van der Waals surface area contributed by atoms with E-state index in [0.717, 1.165) is 35.3 Å². The summed E-state index contributed by atoms with van der Waals surface area (Å²) in [7, 11) is 0. The number of ether oxygens (including phenoxy) is 1. The summed E-state index contributed by atoms with van der Waals surface area (Å²) < 4.78 is 6.34. The van der Waals surface area contributed by atoms with E-state index in [0.29, 0.717) is 11.8 Å². The van der Waals surface area contributed by atoms with Gasteiger partial charge in [-0.3, -0.25) is 0 Å². The molecule has 0 radical (unpaired) electrons. The van der Waals surface area contributed by atoms with Crippen LogP contribution in [0.2, 0.25) is 0 Å². The first kappa shape index (κ1) is 15.7. The molecule has 0 fully saturated rings. The minimum atomic E-state index is -0.0254. The van der Waals surface area contributed by atoms with Gasteiger partial charge in [-0.1, -0.05) is 26.3 Å². The van der Waals surface area contributed by atoms with Crippen LogP contribution in [0.25, 0.3) is 0 Å². The molecular formula is C20H24O3. The van der Waals surface area contributed by atoms with E-state index in [-0.39, 0.29) is 17.6 Å². The molecule has 0 bridgehead atoms. The molecule has 1 aliphatic heterocycles. The molecule has 0 saturated heterocycles. The van der Waals surface area contributed by atoms with Crippen LogP contribution in [0.4, 0.5) is 0 Å². The lowest BCUT2D eigenvalue weighted by molar-refractivity contribution is 0.0887. The van der Waals surface area contributed by atoms with Crippen LogP contribution in [0, 0.1) is 12.8 Å². The molecule has 122 valence electrons. The molecule has 2 N–H and O–H groups in total. The first-order valence-electron chi connectivity index (χ1n) is 8.30. The minimum Gasteiger partial charge on any atom is -0.508 e. The second-order valence-corrected chi connectivity index (χ2v) is 6.54. The van der Waals surface area contributed by atoms with E-state index >= 15 is 0 Å². The van der Waals surface area contributed by atoms with Crippen molar-refractivity contribution in [2.75, 3.05) is 0 Å². The Morgan fingerprint density at radius 2 is 1.70 bits per heavy atom. The van der Waals surface area contributed by atoms with Gasteiger partial charge in [0.1, 0.15) is 23.4 Å². The Bertz CT molecular complexity index is 708. The van der Waals surface area contributed by atoms with Gasteiger partial charge in [0.05, 0.1) is 0 Å². The van der Waals surface area contributed by atoms with Crippen molar-refractivity contribution in [3.05, 3.63) is 53.1 Å². The highest BCUT2D eigenvalue weighted by Gasteiger charge is 2.37. The summed E-state index contributed by atoms with van der Waals surface area (Å²) in [6.07, 6.45) is 2.11. The van der Waals surface area contributed by atoms with Crippen LogP contribution < -0.4 is 4.74 Å². The van der Waals surface area contributed by atoms with Gasteiger partial charge in [-0.25, -0.2) is 0 Å². The highest BCUT2D eigenvalue weighted by atomic mass is 16.5. The molecule has 1 aliphatic rings. The predicted octanol–water partition coefficient (Wildman–Crippen LogP) is 5.06. The van der Waals surface area contributed by atoms with Crippen molar-refractivity contribution in [2.24, 2.45) is 5.92 Å². The lowest BCUT2D eigenvalue weighted by Gasteiger charge is -2.39. The maximum Gasteiger partial charge on any atom is 0.127 e. The molecule has 3 heteroatoms. The molecule has 23 heavy (non-hydrogen) atoms. The third kappa shape index (κ3) is 2.88. The summed E-state index contributed by atoms with van der Waals surface area (Å²) in [5.74, 6) is 2.07. The van der Waals surface area contributed by atoms with Gasteiger partial charge in [0.25, 0.3) is 0 Å². The van der Waals surface area contributed by atoms with Gasteiger partial charge in [0.15, 0.2) is 0 Å². The van der Waals surface area contributed by atoms with Gasteiger partial charge < -0.3 is 14.9 Å². The fourth-order valence-corrected chi connectivity index (χ4v) is 3.72. The second-order valence-electron chi connectivity index (χ2n) is 6.54. The second kappa shape index (κ2) is 6.15. The first-order chi connectivity index (χ1) is 11.0. The van der Waals surface area contributed by atoms with Crippen molar-refractivity contribution in [2.45, 2.75) is 45.6 Å². The zero-order chi connectivity index (χ0) is 16.6. The van der Waals surface area contributed by atoms with Gasteiger partial charge in [0, 0.05) is 11.5 Å². The molecule has 0 spiro atoms. The molecule has 0 aliphatic carbocycles. The molecule has 1 heterocycles. The van der Waals surface area contributed by atoms with E-state index in [1.165, 1.54) is 0 Å². The van der Waals surface area contributed by atoms with E-state index in [9.17, 15) is 10.2 Å². The average molecular weight is 312 g/mol. The molecule has 3 rings (SSSR count). The highest BCUT2D eigenvalue weighted by molar-refractivity contribution is 5.46. The van der Waals surface area contributed by atoms with E-state index in [2.05, 4.69) is 13.8 Å². The van der Waals surface area contributed by atoms with Crippen molar-refractivity contribution in [3.8, 4) is 17.2 Å². The Kier molecular flexibility index (Phi) is 4.20. The Balaban J connectivity index is 2.06. The maximum absolute atomic E-state index is 9.80. The van der Waals surface area contributed by atoms with Gasteiger partial charge in [0.2, 0.25) is 0 Å². The number of phenols is 2. The Morgan fingerprint density at radius 3 is 2.39 bits per heavy atom. The minimum absolute atomic E-state index is 0.0254. The first-order valence-corrected chi connectivity index (χ1v) is 8.30. The van der Waals surface area contributed by atoms with Crippen molar-refractivity contribution in [3.63, 3.8) is 0 Å². The molecule has 0 amide bonds. The number of phenolic OH excluding ortho intramolecular Hbond substituents is 2. The molecular weight excluding hydrogens is 288 g/mol. The lowest BCUT2D eigenvalue weighted by atomic mass is 9.76. The molecule has 3 atom stereocenters. The number of benzene rings is 2. The van der Waals surface area contributed by atoms with Crippen LogP contribution in [0.5, 0.6) is 17.2 Å². The molecule has 3 nitrogen and oxygen atoms in total. The Hall–Kier alpha value is -2.16. The van der Waals surface area contributed by atoms with Crippen molar-refractivity contribution in [1.29, 1.82) is 0 Å². The summed E-state index contributed by atoms with van der Waals surface area (Å²) in [5, 5.41) is 19.5. The highest BCUT2D eigenvalue weighted by Crippen LogP contribution is 2.49. The normalized spacial score (nSPS) is 23.2. The van der Waals surface area contributed by atoms with Crippen molar-refractivity contribution < 1.29 is 14.9 Å². The molecule has 0 saturated carbocycles. The van der Waals surface area contributed by atoms with Crippen LogP contribution in [-0.4, -0.2) is 10.2 Å². The van der Waals surface area contributed by atoms with Crippen LogP contribution in [-0.2, 0) is 0 Å². The van der Waals surface area contributed by atoms with E-state index in [1.54, 1.807) is 18.2 Å².